The van der Waals surface area contributed by atoms with Crippen molar-refractivity contribution in [1.82, 2.24) is 10.3 Å². The van der Waals surface area contributed by atoms with Gasteiger partial charge in [-0.25, -0.2) is 4.98 Å². The van der Waals surface area contributed by atoms with Crippen molar-refractivity contribution in [2.75, 3.05) is 24.0 Å². The number of fused-ring (bicyclic) bond motifs is 2. The number of nitrogens with one attached hydrogen (secondary N) is 1. The third kappa shape index (κ3) is 4.00. The van der Waals surface area contributed by atoms with Gasteiger partial charge in [-0.05, 0) is 29.8 Å². The van der Waals surface area contributed by atoms with E-state index in [1.165, 1.54) is 0 Å². The Morgan fingerprint density at radius 2 is 2.07 bits per heavy atom. The van der Waals surface area contributed by atoms with Crippen molar-refractivity contribution in [2.45, 2.75) is 24.4 Å². The van der Waals surface area contributed by atoms with Gasteiger partial charge in [-0.2, -0.15) is 0 Å². The maximum absolute atomic E-state index is 12.5. The van der Waals surface area contributed by atoms with Crippen molar-refractivity contribution in [1.29, 1.82) is 0 Å². The average molecular weight is 385 g/mol. The summed E-state index contributed by atoms with van der Waals surface area (Å²) < 4.78 is 10.6. The summed E-state index contributed by atoms with van der Waals surface area (Å²) >= 11 is 1.64. The smallest absolute Gasteiger partial charge is 0.231 e. The Balaban J connectivity index is 1.28. The molecule has 0 fully saturated rings. The first-order chi connectivity index (χ1) is 13.2. The van der Waals surface area contributed by atoms with E-state index in [9.17, 15) is 9.59 Å². The predicted octanol–water partition coefficient (Wildman–Crippen LogP) is 2.35. The zero-order chi connectivity index (χ0) is 18.6. The fourth-order valence-corrected chi connectivity index (χ4v) is 3.94. The molecular weight excluding hydrogens is 366 g/mol. The van der Waals surface area contributed by atoms with E-state index in [2.05, 4.69) is 10.3 Å². The first-order valence-electron chi connectivity index (χ1n) is 8.74. The lowest BCUT2D eigenvalue weighted by Crippen LogP contribution is -2.36. The second kappa shape index (κ2) is 7.87. The lowest BCUT2D eigenvalue weighted by Gasteiger charge is -2.28. The van der Waals surface area contributed by atoms with Gasteiger partial charge in [0.2, 0.25) is 18.6 Å². The number of nitrogens with zero attached hydrogens (tertiary/aromatic N) is 2. The van der Waals surface area contributed by atoms with E-state index in [4.69, 9.17) is 9.47 Å². The van der Waals surface area contributed by atoms with Crippen LogP contribution in [0.2, 0.25) is 0 Å². The van der Waals surface area contributed by atoms with Gasteiger partial charge >= 0.3 is 0 Å². The molecular formula is C19H19N3O4S. The summed E-state index contributed by atoms with van der Waals surface area (Å²) in [6.07, 6.45) is 2.05. The molecule has 2 amide bonds. The molecule has 2 aliphatic heterocycles. The van der Waals surface area contributed by atoms with Gasteiger partial charge in [0.25, 0.3) is 0 Å². The van der Waals surface area contributed by atoms with E-state index >= 15 is 0 Å². The molecule has 0 bridgehead atoms. The van der Waals surface area contributed by atoms with Gasteiger partial charge in [0.05, 0.1) is 5.69 Å². The Kier molecular flexibility index (Phi) is 5.15. The molecule has 140 valence electrons. The highest BCUT2D eigenvalue weighted by Crippen LogP contribution is 2.33. The number of carbonyl (C=O) groups is 2. The maximum Gasteiger partial charge on any atom is 0.231 e. The van der Waals surface area contributed by atoms with E-state index in [0.29, 0.717) is 24.6 Å². The highest BCUT2D eigenvalue weighted by atomic mass is 32.2. The van der Waals surface area contributed by atoms with E-state index in [1.807, 2.05) is 30.3 Å². The third-order valence-corrected chi connectivity index (χ3v) is 5.36. The number of hydrogen-bond donors (Lipinski definition) is 1. The highest BCUT2D eigenvalue weighted by Gasteiger charge is 2.23. The Morgan fingerprint density at radius 3 is 3.00 bits per heavy atom. The van der Waals surface area contributed by atoms with Crippen LogP contribution in [0.15, 0.2) is 41.6 Å². The minimum atomic E-state index is -0.154. The zero-order valence-electron chi connectivity index (χ0n) is 14.6. The van der Waals surface area contributed by atoms with Gasteiger partial charge in [0, 0.05) is 37.9 Å². The number of carbonyl (C=O) groups excluding carboxylic acids is 2. The zero-order valence-corrected chi connectivity index (χ0v) is 15.5. The molecule has 0 radical (unpaired) electrons. The number of amides is 2. The van der Waals surface area contributed by atoms with Gasteiger partial charge < -0.3 is 19.7 Å². The van der Waals surface area contributed by atoms with Crippen LogP contribution in [-0.2, 0) is 16.1 Å². The van der Waals surface area contributed by atoms with Crippen molar-refractivity contribution in [2.24, 2.45) is 0 Å². The number of anilines is 1. The highest BCUT2D eigenvalue weighted by molar-refractivity contribution is 7.99. The predicted molar refractivity (Wildman–Crippen MR) is 101 cm³/mol. The van der Waals surface area contributed by atoms with Crippen molar-refractivity contribution in [3.05, 3.63) is 42.1 Å². The second-order valence-corrected chi connectivity index (χ2v) is 7.27. The normalized spacial score (nSPS) is 14.6. The molecule has 0 saturated carbocycles. The largest absolute Gasteiger partial charge is 0.454 e. The molecule has 0 spiro atoms. The van der Waals surface area contributed by atoms with Gasteiger partial charge in [0.1, 0.15) is 5.03 Å². The van der Waals surface area contributed by atoms with Crippen LogP contribution >= 0.6 is 11.8 Å². The van der Waals surface area contributed by atoms with Crippen LogP contribution in [0, 0.1) is 0 Å². The molecule has 2 aliphatic rings. The lowest BCUT2D eigenvalue weighted by molar-refractivity contribution is -0.125. The third-order valence-electron chi connectivity index (χ3n) is 4.39. The summed E-state index contributed by atoms with van der Waals surface area (Å²) in [6.45, 7) is 1.25. The molecule has 4 rings (SSSR count). The Hall–Kier alpha value is -2.74. The number of aromatic nitrogens is 1. The van der Waals surface area contributed by atoms with Gasteiger partial charge in [-0.1, -0.05) is 6.07 Å². The van der Waals surface area contributed by atoms with E-state index in [0.717, 1.165) is 22.0 Å². The monoisotopic (exact) mass is 385 g/mol. The van der Waals surface area contributed by atoms with E-state index < -0.39 is 0 Å². The summed E-state index contributed by atoms with van der Waals surface area (Å²) in [4.78, 5) is 30.7. The topological polar surface area (TPSA) is 80.8 Å². The van der Waals surface area contributed by atoms with Gasteiger partial charge in [0.15, 0.2) is 11.5 Å². The van der Waals surface area contributed by atoms with Gasteiger partial charge in [-0.3, -0.25) is 9.59 Å². The van der Waals surface area contributed by atoms with Crippen LogP contribution in [0.25, 0.3) is 0 Å². The minimum Gasteiger partial charge on any atom is -0.454 e. The minimum absolute atomic E-state index is 0.0530. The summed E-state index contributed by atoms with van der Waals surface area (Å²) in [5.41, 5.74) is 1.76. The fraction of sp³-hybridized carbons (Fsp3) is 0.316. The molecule has 7 nitrogen and oxygen atoms in total. The first-order valence-corrected chi connectivity index (χ1v) is 9.73. The summed E-state index contributed by atoms with van der Waals surface area (Å²) in [5, 5.41) is 3.71. The summed E-state index contributed by atoms with van der Waals surface area (Å²) in [7, 11) is 0. The molecule has 2 aromatic rings. The first kappa shape index (κ1) is 17.7. The van der Waals surface area contributed by atoms with Crippen LogP contribution < -0.4 is 19.7 Å². The van der Waals surface area contributed by atoms with Crippen LogP contribution in [0.4, 0.5) is 5.69 Å². The summed E-state index contributed by atoms with van der Waals surface area (Å²) in [5.74, 6) is 2.00. The molecule has 0 unspecified atom stereocenters. The molecule has 8 heteroatoms. The van der Waals surface area contributed by atoms with Crippen LogP contribution in [0.1, 0.15) is 18.4 Å². The number of thioether (sulfide) groups is 1. The number of hydrogen-bond acceptors (Lipinski definition) is 6. The standard InChI is InChI=1S/C19H19N3O4S/c23-17(21-11-13-3-4-15-16(10-13)26-12-25-15)5-6-18(24)22-8-9-27-19-14(22)2-1-7-20-19/h1-4,7,10H,5-6,8-9,11-12H2,(H,21,23). The lowest BCUT2D eigenvalue weighted by atomic mass is 10.2. The van der Waals surface area contributed by atoms with Crippen molar-refractivity contribution in [3.8, 4) is 11.5 Å². The molecule has 1 N–H and O–H groups in total. The van der Waals surface area contributed by atoms with Crippen LogP contribution in [0.5, 0.6) is 11.5 Å². The molecule has 1 aromatic carbocycles. The Bertz CT molecular complexity index is 874. The average Bonchev–Trinajstić information content (AvgIpc) is 3.18. The van der Waals surface area contributed by atoms with E-state index in [-0.39, 0.29) is 31.4 Å². The van der Waals surface area contributed by atoms with Gasteiger partial charge in [-0.15, -0.1) is 11.8 Å². The number of pyridine rings is 1. The number of rotatable bonds is 5. The number of ether oxygens (including phenoxy) is 2. The Labute approximate surface area is 161 Å². The Morgan fingerprint density at radius 1 is 1.19 bits per heavy atom. The van der Waals surface area contributed by atoms with Crippen LogP contribution in [0.3, 0.4) is 0 Å². The second-order valence-electron chi connectivity index (χ2n) is 6.19. The SMILES string of the molecule is O=C(CCC(=O)N1CCSc2ncccc21)NCc1ccc2c(c1)OCO2. The molecule has 3 heterocycles. The molecule has 0 atom stereocenters. The summed E-state index contributed by atoms with van der Waals surface area (Å²) in [6, 6.07) is 9.28. The molecule has 0 aliphatic carbocycles. The van der Waals surface area contributed by atoms with Crippen molar-refractivity contribution in [3.63, 3.8) is 0 Å². The molecule has 27 heavy (non-hydrogen) atoms. The van der Waals surface area contributed by atoms with Crippen LogP contribution in [-0.4, -0.2) is 35.9 Å². The maximum atomic E-state index is 12.5. The molecule has 1 aromatic heterocycles. The quantitative estimate of drug-likeness (QED) is 0.851. The fourth-order valence-electron chi connectivity index (χ4n) is 3.01. The van der Waals surface area contributed by atoms with E-state index in [1.54, 1.807) is 22.9 Å². The molecule has 0 saturated heterocycles. The van der Waals surface area contributed by atoms with Crippen molar-refractivity contribution < 1.29 is 19.1 Å². The van der Waals surface area contributed by atoms with Crippen molar-refractivity contribution >= 4 is 29.3 Å². The number of benzene rings is 1.